The van der Waals surface area contributed by atoms with E-state index in [0.717, 1.165) is 24.9 Å². The highest BCUT2D eigenvalue weighted by molar-refractivity contribution is 5.93. The maximum atomic E-state index is 12.3. The Balaban J connectivity index is 1.54. The molecule has 0 saturated carbocycles. The highest BCUT2D eigenvalue weighted by Crippen LogP contribution is 2.21. The second kappa shape index (κ2) is 6.84. The number of hydrogen-bond acceptors (Lipinski definition) is 4. The Labute approximate surface area is 132 Å². The van der Waals surface area contributed by atoms with Gasteiger partial charge in [0.1, 0.15) is 0 Å². The van der Waals surface area contributed by atoms with Crippen LogP contribution in [0.15, 0.2) is 16.7 Å². The van der Waals surface area contributed by atoms with Gasteiger partial charge in [0.2, 0.25) is 0 Å². The molecule has 2 saturated heterocycles. The zero-order valence-corrected chi connectivity index (χ0v) is 13.7. The first-order chi connectivity index (χ1) is 10.6. The summed E-state index contributed by atoms with van der Waals surface area (Å²) < 4.78 is 5.29. The molecule has 0 aliphatic carbocycles. The van der Waals surface area contributed by atoms with Crippen LogP contribution < -0.4 is 5.32 Å². The maximum Gasteiger partial charge on any atom is 0.287 e. The van der Waals surface area contributed by atoms with Crippen LogP contribution >= 0.6 is 0 Å². The van der Waals surface area contributed by atoms with Gasteiger partial charge in [0, 0.05) is 24.2 Å². The van der Waals surface area contributed by atoms with Crippen LogP contribution in [0.1, 0.15) is 41.8 Å². The van der Waals surface area contributed by atoms with Gasteiger partial charge < -0.3 is 14.6 Å². The van der Waals surface area contributed by atoms with E-state index in [1.54, 1.807) is 6.26 Å². The van der Waals surface area contributed by atoms with E-state index in [1.807, 2.05) is 13.0 Å². The van der Waals surface area contributed by atoms with E-state index in [0.29, 0.717) is 11.8 Å². The van der Waals surface area contributed by atoms with Crippen LogP contribution in [0.2, 0.25) is 0 Å². The minimum absolute atomic E-state index is 0.0715. The first-order valence-electron chi connectivity index (χ1n) is 8.41. The Morgan fingerprint density at radius 2 is 2.05 bits per heavy atom. The van der Waals surface area contributed by atoms with Crippen LogP contribution in [0.3, 0.4) is 0 Å². The van der Waals surface area contributed by atoms with Gasteiger partial charge in [-0.3, -0.25) is 9.69 Å². The number of amides is 1. The van der Waals surface area contributed by atoms with E-state index in [4.69, 9.17) is 4.42 Å². The van der Waals surface area contributed by atoms with Crippen molar-refractivity contribution in [1.82, 2.24) is 15.1 Å². The standard InChI is InChI=1S/C17H27N3O2/c1-13-7-11-22-16(13)17(21)18-14-4-3-8-20(12-14)15-5-9-19(2)10-6-15/h7,11,14-15H,3-6,8-10,12H2,1-2H3,(H,18,21)/t14-/m1/s1. The van der Waals surface area contributed by atoms with Crippen LogP contribution in [0.4, 0.5) is 0 Å². The lowest BCUT2D eigenvalue weighted by Crippen LogP contribution is -2.53. The number of carbonyl (C=O) groups excluding carboxylic acids is 1. The Morgan fingerprint density at radius 1 is 1.27 bits per heavy atom. The maximum absolute atomic E-state index is 12.3. The SMILES string of the molecule is Cc1ccoc1C(=O)N[C@@H]1CCCN(C2CCN(C)CC2)C1. The van der Waals surface area contributed by atoms with Gasteiger partial charge in [0.05, 0.1) is 6.26 Å². The van der Waals surface area contributed by atoms with Gasteiger partial charge in [0.25, 0.3) is 5.91 Å². The monoisotopic (exact) mass is 305 g/mol. The fraction of sp³-hybridized carbons (Fsp3) is 0.706. The van der Waals surface area contributed by atoms with Crippen molar-refractivity contribution in [1.29, 1.82) is 0 Å². The number of likely N-dealkylation sites (tertiary alicyclic amines) is 2. The highest BCUT2D eigenvalue weighted by Gasteiger charge is 2.29. The van der Waals surface area contributed by atoms with E-state index in [-0.39, 0.29) is 11.9 Å². The zero-order valence-electron chi connectivity index (χ0n) is 13.7. The number of carbonyl (C=O) groups is 1. The molecule has 1 aromatic rings. The number of furan rings is 1. The molecule has 5 nitrogen and oxygen atoms in total. The molecule has 2 aliphatic heterocycles. The minimum Gasteiger partial charge on any atom is -0.459 e. The molecule has 1 aromatic heterocycles. The molecule has 2 aliphatic rings. The molecule has 22 heavy (non-hydrogen) atoms. The fourth-order valence-electron chi connectivity index (χ4n) is 3.67. The van der Waals surface area contributed by atoms with Gasteiger partial charge >= 0.3 is 0 Å². The van der Waals surface area contributed by atoms with Crippen molar-refractivity contribution >= 4 is 5.91 Å². The normalized spacial score (nSPS) is 25.3. The van der Waals surface area contributed by atoms with E-state index in [2.05, 4.69) is 22.2 Å². The molecule has 5 heteroatoms. The number of rotatable bonds is 3. The van der Waals surface area contributed by atoms with Gasteiger partial charge in [0.15, 0.2) is 5.76 Å². The average Bonchev–Trinajstić information content (AvgIpc) is 2.94. The predicted octanol–water partition coefficient (Wildman–Crippen LogP) is 1.88. The minimum atomic E-state index is -0.0715. The Bertz CT molecular complexity index is 506. The molecule has 3 rings (SSSR count). The number of piperidine rings is 2. The largest absolute Gasteiger partial charge is 0.459 e. The van der Waals surface area contributed by atoms with Crippen LogP contribution in [0.25, 0.3) is 0 Å². The van der Waals surface area contributed by atoms with Crippen LogP contribution in [0.5, 0.6) is 0 Å². The molecule has 1 atom stereocenters. The van der Waals surface area contributed by atoms with Gasteiger partial charge in [-0.2, -0.15) is 0 Å². The Kier molecular flexibility index (Phi) is 4.84. The average molecular weight is 305 g/mol. The summed E-state index contributed by atoms with van der Waals surface area (Å²) in [6.07, 6.45) is 6.29. The predicted molar refractivity (Wildman–Crippen MR) is 86.0 cm³/mol. The quantitative estimate of drug-likeness (QED) is 0.926. The molecule has 0 unspecified atom stereocenters. The molecular formula is C17H27N3O2. The van der Waals surface area contributed by atoms with Crippen LogP contribution in [-0.4, -0.2) is 61.0 Å². The lowest BCUT2D eigenvalue weighted by molar-refractivity contribution is 0.0749. The van der Waals surface area contributed by atoms with E-state index >= 15 is 0 Å². The zero-order chi connectivity index (χ0) is 15.5. The van der Waals surface area contributed by atoms with Crippen molar-refractivity contribution in [2.75, 3.05) is 33.2 Å². The van der Waals surface area contributed by atoms with E-state index in [1.165, 1.54) is 32.5 Å². The summed E-state index contributed by atoms with van der Waals surface area (Å²) in [6, 6.07) is 2.76. The molecule has 0 spiro atoms. The Hall–Kier alpha value is -1.33. The van der Waals surface area contributed by atoms with Crippen molar-refractivity contribution in [2.24, 2.45) is 0 Å². The summed E-state index contributed by atoms with van der Waals surface area (Å²) in [6.45, 7) is 6.41. The lowest BCUT2D eigenvalue weighted by atomic mass is 9.98. The summed E-state index contributed by atoms with van der Waals surface area (Å²) in [5, 5.41) is 3.16. The van der Waals surface area contributed by atoms with E-state index < -0.39 is 0 Å². The second-order valence-electron chi connectivity index (χ2n) is 6.77. The van der Waals surface area contributed by atoms with Gasteiger partial charge in [-0.1, -0.05) is 0 Å². The van der Waals surface area contributed by atoms with Gasteiger partial charge in [-0.15, -0.1) is 0 Å². The highest BCUT2D eigenvalue weighted by atomic mass is 16.3. The number of hydrogen-bond donors (Lipinski definition) is 1. The Morgan fingerprint density at radius 3 is 2.73 bits per heavy atom. The molecule has 2 fully saturated rings. The third-order valence-corrected chi connectivity index (χ3v) is 5.06. The van der Waals surface area contributed by atoms with Crippen LogP contribution in [-0.2, 0) is 0 Å². The van der Waals surface area contributed by atoms with E-state index in [9.17, 15) is 4.79 Å². The van der Waals surface area contributed by atoms with Crippen molar-refractivity contribution in [3.05, 3.63) is 23.7 Å². The summed E-state index contributed by atoms with van der Waals surface area (Å²) in [5.74, 6) is 0.383. The smallest absolute Gasteiger partial charge is 0.287 e. The molecule has 1 N–H and O–H groups in total. The van der Waals surface area contributed by atoms with Crippen molar-refractivity contribution in [3.63, 3.8) is 0 Å². The van der Waals surface area contributed by atoms with Gasteiger partial charge in [-0.05, 0) is 65.4 Å². The summed E-state index contributed by atoms with van der Waals surface area (Å²) in [7, 11) is 2.20. The molecular weight excluding hydrogens is 278 g/mol. The topological polar surface area (TPSA) is 48.7 Å². The van der Waals surface area contributed by atoms with Crippen molar-refractivity contribution in [2.45, 2.75) is 44.7 Å². The van der Waals surface area contributed by atoms with Crippen molar-refractivity contribution in [3.8, 4) is 0 Å². The second-order valence-corrected chi connectivity index (χ2v) is 6.77. The summed E-state index contributed by atoms with van der Waals surface area (Å²) >= 11 is 0. The first kappa shape index (κ1) is 15.6. The third-order valence-electron chi connectivity index (χ3n) is 5.06. The lowest BCUT2D eigenvalue weighted by Gasteiger charge is -2.41. The molecule has 0 bridgehead atoms. The summed E-state index contributed by atoms with van der Waals surface area (Å²) in [4.78, 5) is 17.3. The molecule has 0 aromatic carbocycles. The molecule has 122 valence electrons. The molecule has 1 amide bonds. The van der Waals surface area contributed by atoms with Crippen LogP contribution in [0, 0.1) is 6.92 Å². The number of nitrogens with one attached hydrogen (secondary N) is 1. The fourth-order valence-corrected chi connectivity index (χ4v) is 3.67. The molecule has 3 heterocycles. The first-order valence-corrected chi connectivity index (χ1v) is 8.41. The molecule has 0 radical (unpaired) electrons. The summed E-state index contributed by atoms with van der Waals surface area (Å²) in [5.41, 5.74) is 0.903. The van der Waals surface area contributed by atoms with Gasteiger partial charge in [-0.25, -0.2) is 0 Å². The number of aryl methyl sites for hydroxylation is 1. The van der Waals surface area contributed by atoms with Crippen molar-refractivity contribution < 1.29 is 9.21 Å². The third kappa shape index (κ3) is 3.52. The number of nitrogens with zero attached hydrogens (tertiary/aromatic N) is 2.